The van der Waals surface area contributed by atoms with Crippen LogP contribution in [-0.2, 0) is 9.59 Å². The first-order valence-corrected chi connectivity index (χ1v) is 9.73. The first-order valence-electron chi connectivity index (χ1n) is 9.73. The second-order valence-corrected chi connectivity index (χ2v) is 6.85. The lowest BCUT2D eigenvalue weighted by Gasteiger charge is -2.16. The number of benzene rings is 3. The average Bonchev–Trinajstić information content (AvgIpc) is 3.00. The molecule has 0 bridgehead atoms. The summed E-state index contributed by atoms with van der Waals surface area (Å²) in [6, 6.07) is 14.3. The standard InChI is InChI=1S/C24H17F3N2O3/c1-2-32-20-6-4-3-5-18(20)28-22-21(14-7-9-15(25)10-8-14)23(30)29(24(22)31)19-12-11-16(26)13-17(19)27/h3-13,28H,2H2,1H3. The summed E-state index contributed by atoms with van der Waals surface area (Å²) in [5, 5.41) is 2.92. The van der Waals surface area contributed by atoms with E-state index in [0.717, 1.165) is 24.3 Å². The number of hydrogen-bond donors (Lipinski definition) is 1. The molecule has 0 aliphatic carbocycles. The predicted octanol–water partition coefficient (Wildman–Crippen LogP) is 4.90. The average molecular weight is 438 g/mol. The van der Waals surface area contributed by atoms with Gasteiger partial charge in [-0.1, -0.05) is 24.3 Å². The molecule has 3 aromatic rings. The van der Waals surface area contributed by atoms with Crippen molar-refractivity contribution >= 4 is 28.8 Å². The topological polar surface area (TPSA) is 58.6 Å². The van der Waals surface area contributed by atoms with Gasteiger partial charge >= 0.3 is 0 Å². The van der Waals surface area contributed by atoms with Gasteiger partial charge in [-0.05, 0) is 48.9 Å². The number of anilines is 2. The van der Waals surface area contributed by atoms with Crippen LogP contribution >= 0.6 is 0 Å². The van der Waals surface area contributed by atoms with Gasteiger partial charge in [0.25, 0.3) is 11.8 Å². The van der Waals surface area contributed by atoms with Crippen LogP contribution in [-0.4, -0.2) is 18.4 Å². The van der Waals surface area contributed by atoms with Crippen molar-refractivity contribution in [2.24, 2.45) is 0 Å². The number of carbonyl (C=O) groups is 2. The summed E-state index contributed by atoms with van der Waals surface area (Å²) < 4.78 is 46.9. The van der Waals surface area contributed by atoms with Crippen LogP contribution in [0, 0.1) is 17.5 Å². The monoisotopic (exact) mass is 438 g/mol. The lowest BCUT2D eigenvalue weighted by Crippen LogP contribution is -2.33. The van der Waals surface area contributed by atoms with Crippen LogP contribution in [0.4, 0.5) is 24.5 Å². The fourth-order valence-corrected chi connectivity index (χ4v) is 3.40. The minimum atomic E-state index is -1.07. The maximum atomic E-state index is 14.5. The number of amides is 2. The molecule has 0 unspecified atom stereocenters. The zero-order chi connectivity index (χ0) is 22.8. The summed E-state index contributed by atoms with van der Waals surface area (Å²) in [7, 11) is 0. The van der Waals surface area contributed by atoms with Gasteiger partial charge in [-0.3, -0.25) is 9.59 Å². The van der Waals surface area contributed by atoms with E-state index in [0.29, 0.717) is 29.0 Å². The number of carbonyl (C=O) groups excluding carboxylic acids is 2. The van der Waals surface area contributed by atoms with Gasteiger partial charge in [0, 0.05) is 6.07 Å². The smallest absolute Gasteiger partial charge is 0.282 e. The highest BCUT2D eigenvalue weighted by Crippen LogP contribution is 2.36. The van der Waals surface area contributed by atoms with Crippen molar-refractivity contribution in [3.63, 3.8) is 0 Å². The van der Waals surface area contributed by atoms with E-state index in [-0.39, 0.29) is 16.8 Å². The van der Waals surface area contributed by atoms with Crippen LogP contribution in [0.2, 0.25) is 0 Å². The van der Waals surface area contributed by atoms with E-state index in [2.05, 4.69) is 5.32 Å². The molecule has 1 aliphatic rings. The first kappa shape index (κ1) is 21.2. The van der Waals surface area contributed by atoms with E-state index >= 15 is 0 Å². The maximum absolute atomic E-state index is 14.5. The minimum Gasteiger partial charge on any atom is -0.492 e. The largest absolute Gasteiger partial charge is 0.492 e. The molecule has 0 spiro atoms. The lowest BCUT2D eigenvalue weighted by molar-refractivity contribution is -0.120. The number of imide groups is 1. The van der Waals surface area contributed by atoms with E-state index in [1.165, 1.54) is 12.1 Å². The molecule has 32 heavy (non-hydrogen) atoms. The Kier molecular flexibility index (Phi) is 5.68. The highest BCUT2D eigenvalue weighted by molar-refractivity contribution is 6.46. The van der Waals surface area contributed by atoms with E-state index in [1.54, 1.807) is 31.2 Å². The SMILES string of the molecule is CCOc1ccccc1NC1=C(c2ccc(F)cc2)C(=O)N(c2ccc(F)cc2F)C1=O. The van der Waals surface area contributed by atoms with Gasteiger partial charge in [-0.25, -0.2) is 18.1 Å². The van der Waals surface area contributed by atoms with E-state index in [9.17, 15) is 22.8 Å². The zero-order valence-corrected chi connectivity index (χ0v) is 16.9. The Hall–Kier alpha value is -4.07. The van der Waals surface area contributed by atoms with Crippen LogP contribution in [0.25, 0.3) is 5.57 Å². The van der Waals surface area contributed by atoms with E-state index in [1.807, 2.05) is 0 Å². The molecular weight excluding hydrogens is 421 g/mol. The Bertz CT molecular complexity index is 1240. The summed E-state index contributed by atoms with van der Waals surface area (Å²) >= 11 is 0. The summed E-state index contributed by atoms with van der Waals surface area (Å²) in [6.07, 6.45) is 0. The van der Waals surface area contributed by atoms with Gasteiger partial charge in [0.05, 0.1) is 23.6 Å². The van der Waals surface area contributed by atoms with Crippen molar-refractivity contribution in [1.29, 1.82) is 0 Å². The molecule has 0 fully saturated rings. The summed E-state index contributed by atoms with van der Waals surface area (Å²) in [6.45, 7) is 2.16. The number of nitrogens with one attached hydrogen (secondary N) is 1. The normalized spacial score (nSPS) is 13.7. The number of rotatable bonds is 6. The second-order valence-electron chi connectivity index (χ2n) is 6.85. The third kappa shape index (κ3) is 3.82. The van der Waals surface area contributed by atoms with Crippen molar-refractivity contribution in [1.82, 2.24) is 0 Å². The number of hydrogen-bond acceptors (Lipinski definition) is 4. The molecule has 1 heterocycles. The molecule has 1 N–H and O–H groups in total. The molecule has 3 aromatic carbocycles. The molecule has 0 saturated heterocycles. The van der Waals surface area contributed by atoms with Crippen molar-refractivity contribution in [3.8, 4) is 5.75 Å². The van der Waals surface area contributed by atoms with Gasteiger partial charge in [-0.15, -0.1) is 0 Å². The second kappa shape index (κ2) is 8.58. The van der Waals surface area contributed by atoms with Gasteiger partial charge in [-0.2, -0.15) is 0 Å². The predicted molar refractivity (Wildman–Crippen MR) is 113 cm³/mol. The highest BCUT2D eigenvalue weighted by Gasteiger charge is 2.41. The highest BCUT2D eigenvalue weighted by atomic mass is 19.1. The Morgan fingerprint density at radius 2 is 1.56 bits per heavy atom. The summed E-state index contributed by atoms with van der Waals surface area (Å²) in [5.41, 5.74) is 0.0520. The van der Waals surface area contributed by atoms with Crippen LogP contribution in [0.15, 0.2) is 72.4 Å². The lowest BCUT2D eigenvalue weighted by atomic mass is 10.0. The van der Waals surface area contributed by atoms with Gasteiger partial charge in [0.2, 0.25) is 0 Å². The van der Waals surface area contributed by atoms with Crippen LogP contribution in [0.3, 0.4) is 0 Å². The van der Waals surface area contributed by atoms with Gasteiger partial charge < -0.3 is 10.1 Å². The number of halogens is 3. The molecule has 8 heteroatoms. The molecule has 1 aliphatic heterocycles. The van der Waals surface area contributed by atoms with Crippen molar-refractivity contribution in [2.45, 2.75) is 6.92 Å². The van der Waals surface area contributed by atoms with Crippen molar-refractivity contribution < 1.29 is 27.5 Å². The first-order chi connectivity index (χ1) is 15.4. The molecule has 0 radical (unpaired) electrons. The van der Waals surface area contributed by atoms with Crippen LogP contribution in [0.5, 0.6) is 5.75 Å². The van der Waals surface area contributed by atoms with Crippen molar-refractivity contribution in [2.75, 3.05) is 16.8 Å². The molecule has 2 amide bonds. The number of ether oxygens (including phenoxy) is 1. The quantitative estimate of drug-likeness (QED) is 0.557. The maximum Gasteiger partial charge on any atom is 0.282 e. The van der Waals surface area contributed by atoms with Gasteiger partial charge in [0.1, 0.15) is 28.9 Å². The Morgan fingerprint density at radius 1 is 0.875 bits per heavy atom. The Morgan fingerprint density at radius 3 is 2.25 bits per heavy atom. The summed E-state index contributed by atoms with van der Waals surface area (Å²) in [4.78, 5) is 27.2. The molecule has 4 rings (SSSR count). The third-order valence-corrected chi connectivity index (χ3v) is 4.81. The molecule has 5 nitrogen and oxygen atoms in total. The van der Waals surface area contributed by atoms with Crippen LogP contribution in [0.1, 0.15) is 12.5 Å². The van der Waals surface area contributed by atoms with Gasteiger partial charge in [0.15, 0.2) is 0 Å². The molecule has 0 atom stereocenters. The zero-order valence-electron chi connectivity index (χ0n) is 16.9. The molecular formula is C24H17F3N2O3. The molecule has 0 saturated carbocycles. The third-order valence-electron chi connectivity index (χ3n) is 4.81. The number of para-hydroxylation sites is 2. The minimum absolute atomic E-state index is 0.0787. The van der Waals surface area contributed by atoms with E-state index in [4.69, 9.17) is 4.74 Å². The van der Waals surface area contributed by atoms with Crippen molar-refractivity contribution in [3.05, 3.63) is 95.4 Å². The Balaban J connectivity index is 1.84. The van der Waals surface area contributed by atoms with Crippen LogP contribution < -0.4 is 15.0 Å². The number of nitrogens with zero attached hydrogens (tertiary/aromatic N) is 1. The summed E-state index contributed by atoms with van der Waals surface area (Å²) in [5.74, 6) is -3.67. The fourth-order valence-electron chi connectivity index (χ4n) is 3.40. The van der Waals surface area contributed by atoms with E-state index < -0.39 is 35.0 Å². The fraction of sp³-hybridized carbons (Fsp3) is 0.0833. The molecule has 162 valence electrons. The Labute approximate surface area is 181 Å². The molecule has 0 aromatic heterocycles.